The molecule has 1 saturated heterocycles. The Morgan fingerprint density at radius 2 is 1.93 bits per heavy atom. The van der Waals surface area contributed by atoms with Crippen LogP contribution in [-0.2, 0) is 11.4 Å². The monoisotopic (exact) mass is 443 g/mol. The largest absolute Gasteiger partial charge is 0.488 e. The molecule has 0 spiro atoms. The van der Waals surface area contributed by atoms with Crippen LogP contribution < -0.4 is 4.74 Å². The Bertz CT molecular complexity index is 922. The Balaban J connectivity index is 1.84. The normalized spacial score (nSPS) is 15.5. The molecule has 3 rings (SSSR count). The van der Waals surface area contributed by atoms with Crippen molar-refractivity contribution in [1.82, 2.24) is 4.90 Å². The molecule has 0 aliphatic carbocycles. The summed E-state index contributed by atoms with van der Waals surface area (Å²) in [6.45, 7) is 6.25. The molecule has 2 aromatic rings. The highest BCUT2D eigenvalue weighted by atomic mass is 79.9. The molecule has 2 aromatic carbocycles. The minimum atomic E-state index is -0.311. The molecule has 0 atom stereocenters. The van der Waals surface area contributed by atoms with E-state index in [0.717, 1.165) is 27.4 Å². The van der Waals surface area contributed by atoms with Crippen LogP contribution in [0, 0.1) is 6.92 Å². The number of carbonyl (C=O) groups excluding carboxylic acids is 2. The van der Waals surface area contributed by atoms with E-state index in [1.54, 1.807) is 6.08 Å². The second kappa shape index (κ2) is 8.59. The molecule has 1 fully saturated rings. The molecule has 6 heteroatoms. The zero-order chi connectivity index (χ0) is 19.4. The first-order chi connectivity index (χ1) is 13.0. The second-order valence-electron chi connectivity index (χ2n) is 6.04. The molecule has 0 N–H and O–H groups in total. The van der Waals surface area contributed by atoms with Crippen LogP contribution in [0.3, 0.4) is 0 Å². The quantitative estimate of drug-likeness (QED) is 0.433. The first-order valence-corrected chi connectivity index (χ1v) is 9.93. The summed E-state index contributed by atoms with van der Waals surface area (Å²) in [5.74, 6) is 0.337. The van der Waals surface area contributed by atoms with E-state index < -0.39 is 0 Å². The van der Waals surface area contributed by atoms with E-state index >= 15 is 0 Å². The molecular weight excluding hydrogens is 426 g/mol. The number of aryl methyl sites for hydroxylation is 1. The molecule has 0 unspecified atom stereocenters. The number of halogens is 1. The summed E-state index contributed by atoms with van der Waals surface area (Å²) >= 11 is 4.37. The number of hydrogen-bond acceptors (Lipinski definition) is 4. The minimum Gasteiger partial charge on any atom is -0.488 e. The Morgan fingerprint density at radius 1 is 1.19 bits per heavy atom. The van der Waals surface area contributed by atoms with E-state index in [-0.39, 0.29) is 17.7 Å². The number of carbonyl (C=O) groups is 2. The fraction of sp³-hybridized carbons (Fsp3) is 0.143. The van der Waals surface area contributed by atoms with Crippen LogP contribution >= 0.6 is 27.7 Å². The molecule has 4 nitrogen and oxygen atoms in total. The van der Waals surface area contributed by atoms with Gasteiger partial charge in [0.1, 0.15) is 12.4 Å². The van der Waals surface area contributed by atoms with E-state index in [1.807, 2.05) is 49.4 Å². The zero-order valence-corrected chi connectivity index (χ0v) is 17.2. The summed E-state index contributed by atoms with van der Waals surface area (Å²) in [6, 6.07) is 13.7. The smallest absolute Gasteiger partial charge is 0.293 e. The number of ether oxygens (including phenoxy) is 1. The average molecular weight is 444 g/mol. The Hall–Kier alpha value is -2.31. The van der Waals surface area contributed by atoms with Crippen molar-refractivity contribution >= 4 is 44.9 Å². The number of imide groups is 1. The second-order valence-corrected chi connectivity index (χ2v) is 7.95. The SMILES string of the molecule is C=CCN1C(=O)S/C(=C/c2cc(Br)ccc2OCc2ccc(C)cc2)C1=O. The fourth-order valence-corrected chi connectivity index (χ4v) is 3.75. The van der Waals surface area contributed by atoms with Crippen LogP contribution in [-0.4, -0.2) is 22.6 Å². The molecule has 0 aromatic heterocycles. The maximum absolute atomic E-state index is 12.4. The highest BCUT2D eigenvalue weighted by Gasteiger charge is 2.34. The van der Waals surface area contributed by atoms with Gasteiger partial charge in [-0.05, 0) is 48.5 Å². The number of benzene rings is 2. The predicted molar refractivity (Wildman–Crippen MR) is 113 cm³/mol. The predicted octanol–water partition coefficient (Wildman–Crippen LogP) is 5.56. The van der Waals surface area contributed by atoms with Crippen molar-refractivity contribution in [3.05, 3.63) is 81.2 Å². The van der Waals surface area contributed by atoms with E-state index in [0.29, 0.717) is 17.3 Å². The van der Waals surface area contributed by atoms with Crippen LogP contribution in [0.2, 0.25) is 0 Å². The molecule has 138 valence electrons. The van der Waals surface area contributed by atoms with Gasteiger partial charge in [0.25, 0.3) is 11.1 Å². The lowest BCUT2D eigenvalue weighted by Gasteiger charge is -2.11. The maximum Gasteiger partial charge on any atom is 0.293 e. The van der Waals surface area contributed by atoms with E-state index in [4.69, 9.17) is 4.74 Å². The molecule has 1 aliphatic heterocycles. The van der Waals surface area contributed by atoms with Crippen LogP contribution in [0.5, 0.6) is 5.75 Å². The number of hydrogen-bond donors (Lipinski definition) is 0. The lowest BCUT2D eigenvalue weighted by Crippen LogP contribution is -2.27. The van der Waals surface area contributed by atoms with E-state index in [2.05, 4.69) is 22.5 Å². The molecule has 0 bridgehead atoms. The average Bonchev–Trinajstić information content (AvgIpc) is 2.90. The number of thioether (sulfide) groups is 1. The summed E-state index contributed by atoms with van der Waals surface area (Å²) in [7, 11) is 0. The van der Waals surface area contributed by atoms with Crippen LogP contribution in [0.4, 0.5) is 4.79 Å². The molecule has 2 amide bonds. The van der Waals surface area contributed by atoms with Gasteiger partial charge in [0, 0.05) is 16.6 Å². The van der Waals surface area contributed by atoms with Crippen molar-refractivity contribution < 1.29 is 14.3 Å². The van der Waals surface area contributed by atoms with Gasteiger partial charge in [0.15, 0.2) is 0 Å². The molecule has 0 radical (unpaired) electrons. The summed E-state index contributed by atoms with van der Waals surface area (Å²) in [5.41, 5.74) is 2.99. The number of nitrogens with zero attached hydrogens (tertiary/aromatic N) is 1. The number of rotatable bonds is 6. The molecular formula is C21H18BrNO3S. The van der Waals surface area contributed by atoms with Crippen molar-refractivity contribution in [2.24, 2.45) is 0 Å². The van der Waals surface area contributed by atoms with Gasteiger partial charge in [-0.1, -0.05) is 51.8 Å². The van der Waals surface area contributed by atoms with Gasteiger partial charge in [-0.3, -0.25) is 14.5 Å². The third-order valence-corrected chi connectivity index (χ3v) is 5.36. The lowest BCUT2D eigenvalue weighted by molar-refractivity contribution is -0.122. The minimum absolute atomic E-state index is 0.206. The summed E-state index contributed by atoms with van der Waals surface area (Å²) in [6.07, 6.45) is 3.23. The molecule has 1 aliphatic rings. The van der Waals surface area contributed by atoms with Gasteiger partial charge in [0.05, 0.1) is 4.91 Å². The van der Waals surface area contributed by atoms with Crippen LogP contribution in [0.1, 0.15) is 16.7 Å². The van der Waals surface area contributed by atoms with Crippen molar-refractivity contribution in [2.75, 3.05) is 6.54 Å². The van der Waals surface area contributed by atoms with Gasteiger partial charge >= 0.3 is 0 Å². The first-order valence-electron chi connectivity index (χ1n) is 8.32. The molecule has 0 saturated carbocycles. The van der Waals surface area contributed by atoms with Gasteiger partial charge < -0.3 is 4.74 Å². The molecule has 1 heterocycles. The summed E-state index contributed by atoms with van der Waals surface area (Å²) in [5, 5.41) is -0.289. The highest BCUT2D eigenvalue weighted by Crippen LogP contribution is 2.35. The van der Waals surface area contributed by atoms with Gasteiger partial charge in [0.2, 0.25) is 0 Å². The third kappa shape index (κ3) is 4.70. The maximum atomic E-state index is 12.4. The van der Waals surface area contributed by atoms with Crippen molar-refractivity contribution in [2.45, 2.75) is 13.5 Å². The first kappa shape index (κ1) is 19.5. The third-order valence-electron chi connectivity index (χ3n) is 3.96. The Kier molecular flexibility index (Phi) is 6.19. The van der Waals surface area contributed by atoms with Crippen molar-refractivity contribution in [3.8, 4) is 5.75 Å². The number of amides is 2. The topological polar surface area (TPSA) is 46.6 Å². The Morgan fingerprint density at radius 3 is 2.63 bits per heavy atom. The molecule has 27 heavy (non-hydrogen) atoms. The highest BCUT2D eigenvalue weighted by molar-refractivity contribution is 9.10. The summed E-state index contributed by atoms with van der Waals surface area (Å²) in [4.78, 5) is 26.0. The van der Waals surface area contributed by atoms with Crippen molar-refractivity contribution in [3.63, 3.8) is 0 Å². The van der Waals surface area contributed by atoms with Crippen LogP contribution in [0.15, 0.2) is 64.5 Å². The summed E-state index contributed by atoms with van der Waals surface area (Å²) < 4.78 is 6.83. The fourth-order valence-electron chi connectivity index (χ4n) is 2.54. The van der Waals surface area contributed by atoms with E-state index in [1.165, 1.54) is 16.5 Å². The van der Waals surface area contributed by atoms with Gasteiger partial charge in [-0.2, -0.15) is 0 Å². The lowest BCUT2D eigenvalue weighted by atomic mass is 10.1. The van der Waals surface area contributed by atoms with E-state index in [9.17, 15) is 9.59 Å². The Labute approximate surface area is 171 Å². The zero-order valence-electron chi connectivity index (χ0n) is 14.8. The van der Waals surface area contributed by atoms with Crippen LogP contribution in [0.25, 0.3) is 6.08 Å². The standard InChI is InChI=1S/C21H18BrNO3S/c1-3-10-23-20(24)19(27-21(23)25)12-16-11-17(22)8-9-18(16)26-13-15-6-4-14(2)5-7-15/h3-9,11-12H,1,10,13H2,2H3/b19-12+. The van der Waals surface area contributed by atoms with Gasteiger partial charge in [-0.15, -0.1) is 6.58 Å². The van der Waals surface area contributed by atoms with Crippen molar-refractivity contribution in [1.29, 1.82) is 0 Å². The van der Waals surface area contributed by atoms with Gasteiger partial charge in [-0.25, -0.2) is 0 Å².